The van der Waals surface area contributed by atoms with E-state index in [1.165, 1.54) is 10.9 Å². The molecule has 0 saturated carbocycles. The van der Waals surface area contributed by atoms with Crippen molar-refractivity contribution < 1.29 is 10.1 Å². The Morgan fingerprint density at radius 1 is 1.25 bits per heavy atom. The highest BCUT2D eigenvalue weighted by atomic mass is 35.5. The first kappa shape index (κ1) is 16.6. The van der Waals surface area contributed by atoms with Crippen LogP contribution in [0.1, 0.15) is 11.1 Å². The molecule has 4 nitrogen and oxygen atoms in total. The first-order valence-electron chi connectivity index (χ1n) is 8.06. The fourth-order valence-corrected chi connectivity index (χ4v) is 3.03. The molecule has 0 saturated heterocycles. The van der Waals surface area contributed by atoms with E-state index in [1.807, 2.05) is 48.8 Å². The topological polar surface area (TPSA) is 61.5 Å². The van der Waals surface area contributed by atoms with E-state index in [1.54, 1.807) is 0 Å². The van der Waals surface area contributed by atoms with E-state index in [9.17, 15) is 4.79 Å². The standard InChI is InChI=1S/C19H20ClN3O/c1-13-6-7-18(16(20)10-13)23-19(24)12-21-9-8-14-11-22-17-5-3-2-4-15(14)17/h2-7,10-11,21-22H,8-9,12H2,1H3,(H,23,24)/p+1. The number of hydrogen-bond acceptors (Lipinski definition) is 1. The zero-order valence-electron chi connectivity index (χ0n) is 13.6. The van der Waals surface area contributed by atoms with Gasteiger partial charge in [-0.25, -0.2) is 0 Å². The smallest absolute Gasteiger partial charge is 0.279 e. The Morgan fingerprint density at radius 3 is 2.92 bits per heavy atom. The number of aryl methyl sites for hydroxylation is 1. The van der Waals surface area contributed by atoms with Gasteiger partial charge in [0.05, 0.1) is 17.3 Å². The number of carbonyl (C=O) groups excluding carboxylic acids is 1. The lowest BCUT2D eigenvalue weighted by atomic mass is 10.1. The number of halogens is 1. The van der Waals surface area contributed by atoms with Crippen LogP contribution in [-0.2, 0) is 11.2 Å². The molecule has 1 amide bonds. The molecule has 0 bridgehead atoms. The van der Waals surface area contributed by atoms with Gasteiger partial charge in [-0.05, 0) is 36.2 Å². The summed E-state index contributed by atoms with van der Waals surface area (Å²) < 4.78 is 0. The number of H-pyrrole nitrogens is 1. The van der Waals surface area contributed by atoms with E-state index < -0.39 is 0 Å². The Hall–Kier alpha value is -2.30. The highest BCUT2D eigenvalue weighted by Crippen LogP contribution is 2.22. The summed E-state index contributed by atoms with van der Waals surface area (Å²) in [6.45, 7) is 3.21. The molecule has 4 N–H and O–H groups in total. The Kier molecular flexibility index (Phi) is 5.18. The lowest BCUT2D eigenvalue weighted by Crippen LogP contribution is -2.86. The van der Waals surface area contributed by atoms with Crippen molar-refractivity contribution in [3.05, 3.63) is 64.8 Å². The largest absolute Gasteiger partial charge is 0.361 e. The second-order valence-corrected chi connectivity index (χ2v) is 6.33. The average molecular weight is 343 g/mol. The van der Waals surface area contributed by atoms with Gasteiger partial charge < -0.3 is 15.6 Å². The van der Waals surface area contributed by atoms with Crippen LogP contribution in [0.3, 0.4) is 0 Å². The van der Waals surface area contributed by atoms with Crippen LogP contribution in [0.2, 0.25) is 5.02 Å². The third-order valence-electron chi connectivity index (χ3n) is 4.02. The van der Waals surface area contributed by atoms with Crippen LogP contribution >= 0.6 is 11.6 Å². The summed E-state index contributed by atoms with van der Waals surface area (Å²) in [4.78, 5) is 15.3. The lowest BCUT2D eigenvalue weighted by molar-refractivity contribution is -0.643. The van der Waals surface area contributed by atoms with Crippen molar-refractivity contribution in [2.45, 2.75) is 13.3 Å². The van der Waals surface area contributed by atoms with E-state index in [0.29, 0.717) is 17.3 Å². The number of rotatable bonds is 6. The summed E-state index contributed by atoms with van der Waals surface area (Å²) in [7, 11) is 0. The number of carbonyl (C=O) groups is 1. The zero-order chi connectivity index (χ0) is 16.9. The Morgan fingerprint density at radius 2 is 2.08 bits per heavy atom. The van der Waals surface area contributed by atoms with Crippen LogP contribution in [0, 0.1) is 6.92 Å². The van der Waals surface area contributed by atoms with Gasteiger partial charge in [0.1, 0.15) is 0 Å². The molecule has 1 aromatic heterocycles. The van der Waals surface area contributed by atoms with Gasteiger partial charge in [-0.2, -0.15) is 0 Å². The van der Waals surface area contributed by atoms with Crippen molar-refractivity contribution >= 4 is 34.1 Å². The molecule has 24 heavy (non-hydrogen) atoms. The third kappa shape index (κ3) is 3.96. The molecule has 2 aromatic carbocycles. The molecule has 0 atom stereocenters. The van der Waals surface area contributed by atoms with Crippen molar-refractivity contribution in [2.24, 2.45) is 0 Å². The van der Waals surface area contributed by atoms with Gasteiger partial charge in [0.2, 0.25) is 0 Å². The van der Waals surface area contributed by atoms with E-state index in [2.05, 4.69) is 22.4 Å². The number of aromatic amines is 1. The Bertz CT molecular complexity index is 857. The first-order chi connectivity index (χ1) is 11.6. The average Bonchev–Trinajstić information content (AvgIpc) is 2.98. The van der Waals surface area contributed by atoms with E-state index >= 15 is 0 Å². The fourth-order valence-electron chi connectivity index (χ4n) is 2.75. The van der Waals surface area contributed by atoms with Crippen LogP contribution in [0.15, 0.2) is 48.7 Å². The highest BCUT2D eigenvalue weighted by molar-refractivity contribution is 6.33. The summed E-state index contributed by atoms with van der Waals surface area (Å²) in [5.74, 6) is -0.0420. The van der Waals surface area contributed by atoms with E-state index in [4.69, 9.17) is 11.6 Å². The van der Waals surface area contributed by atoms with Crippen molar-refractivity contribution in [2.75, 3.05) is 18.4 Å². The Labute approximate surface area is 146 Å². The number of aromatic nitrogens is 1. The van der Waals surface area contributed by atoms with Gasteiger partial charge in [0, 0.05) is 23.5 Å². The number of anilines is 1. The molecule has 0 aliphatic rings. The molecule has 0 aliphatic heterocycles. The molecule has 5 heteroatoms. The Balaban J connectivity index is 1.47. The SMILES string of the molecule is Cc1ccc(NC(=O)C[NH2+]CCc2c[nH]c3ccccc23)c(Cl)c1. The number of fused-ring (bicyclic) bond motifs is 1. The summed E-state index contributed by atoms with van der Waals surface area (Å²) in [6.07, 6.45) is 2.97. The van der Waals surface area contributed by atoms with Gasteiger partial charge in [0.25, 0.3) is 5.91 Å². The van der Waals surface area contributed by atoms with Crippen LogP contribution in [0.4, 0.5) is 5.69 Å². The minimum atomic E-state index is -0.0420. The lowest BCUT2D eigenvalue weighted by Gasteiger charge is -2.07. The first-order valence-corrected chi connectivity index (χ1v) is 8.44. The van der Waals surface area contributed by atoms with Crippen LogP contribution in [0.25, 0.3) is 10.9 Å². The molecular weight excluding hydrogens is 322 g/mol. The van der Waals surface area contributed by atoms with Crippen molar-refractivity contribution in [3.63, 3.8) is 0 Å². The zero-order valence-corrected chi connectivity index (χ0v) is 14.4. The number of para-hydroxylation sites is 1. The molecule has 3 rings (SSSR count). The number of benzene rings is 2. The maximum atomic E-state index is 12.0. The summed E-state index contributed by atoms with van der Waals surface area (Å²) in [5, 5.41) is 6.69. The maximum absolute atomic E-state index is 12.0. The molecular formula is C19H21ClN3O+. The van der Waals surface area contributed by atoms with E-state index in [-0.39, 0.29) is 5.91 Å². The van der Waals surface area contributed by atoms with Crippen molar-refractivity contribution in [1.29, 1.82) is 0 Å². The summed E-state index contributed by atoms with van der Waals surface area (Å²) in [5.41, 5.74) is 4.17. The molecule has 0 unspecified atom stereocenters. The fraction of sp³-hybridized carbons (Fsp3) is 0.211. The number of nitrogens with two attached hydrogens (primary N) is 1. The quantitative estimate of drug-likeness (QED) is 0.593. The van der Waals surface area contributed by atoms with Crippen molar-refractivity contribution in [3.8, 4) is 0 Å². The van der Waals surface area contributed by atoms with E-state index in [0.717, 1.165) is 24.0 Å². The minimum Gasteiger partial charge on any atom is -0.361 e. The highest BCUT2D eigenvalue weighted by Gasteiger charge is 2.08. The second kappa shape index (κ2) is 7.51. The number of nitrogens with one attached hydrogen (secondary N) is 2. The van der Waals surface area contributed by atoms with Crippen molar-refractivity contribution in [1.82, 2.24) is 4.98 Å². The monoisotopic (exact) mass is 342 g/mol. The van der Waals surface area contributed by atoms with Gasteiger partial charge in [0.15, 0.2) is 6.54 Å². The molecule has 0 radical (unpaired) electrons. The third-order valence-corrected chi connectivity index (χ3v) is 4.33. The van der Waals surface area contributed by atoms with Gasteiger partial charge in [-0.3, -0.25) is 4.79 Å². The molecule has 0 aliphatic carbocycles. The summed E-state index contributed by atoms with van der Waals surface area (Å²) in [6, 6.07) is 13.9. The molecule has 0 fully saturated rings. The van der Waals surface area contributed by atoms with Gasteiger partial charge >= 0.3 is 0 Å². The number of hydrogen-bond donors (Lipinski definition) is 3. The maximum Gasteiger partial charge on any atom is 0.279 e. The van der Waals surface area contributed by atoms with Crippen LogP contribution in [-0.4, -0.2) is 24.0 Å². The van der Waals surface area contributed by atoms with Crippen LogP contribution < -0.4 is 10.6 Å². The predicted molar refractivity (Wildman–Crippen MR) is 98.5 cm³/mol. The molecule has 0 spiro atoms. The normalized spacial score (nSPS) is 10.9. The van der Waals surface area contributed by atoms with Crippen LogP contribution in [0.5, 0.6) is 0 Å². The molecule has 3 aromatic rings. The van der Waals surface area contributed by atoms with Gasteiger partial charge in [-0.1, -0.05) is 35.9 Å². The van der Waals surface area contributed by atoms with Gasteiger partial charge in [-0.15, -0.1) is 0 Å². The number of amides is 1. The minimum absolute atomic E-state index is 0.0420. The molecule has 124 valence electrons. The number of quaternary nitrogens is 1. The molecule has 1 heterocycles. The second-order valence-electron chi connectivity index (χ2n) is 5.92. The summed E-state index contributed by atoms with van der Waals surface area (Å²) >= 11 is 6.13. The predicted octanol–water partition coefficient (Wildman–Crippen LogP) is 2.87.